The van der Waals surface area contributed by atoms with E-state index >= 15 is 0 Å². The molecule has 3 aromatic rings. The van der Waals surface area contributed by atoms with Gasteiger partial charge in [-0.25, -0.2) is 8.42 Å². The van der Waals surface area contributed by atoms with Crippen molar-refractivity contribution < 1.29 is 18.3 Å². The first-order chi connectivity index (χ1) is 17.2. The fourth-order valence-corrected chi connectivity index (χ4v) is 5.41. The maximum atomic E-state index is 12.5. The van der Waals surface area contributed by atoms with Gasteiger partial charge in [-0.15, -0.1) is 0 Å². The number of fused-ring (bicyclic) bond motifs is 1. The van der Waals surface area contributed by atoms with Gasteiger partial charge >= 0.3 is 0 Å². The van der Waals surface area contributed by atoms with Crippen LogP contribution in [-0.4, -0.2) is 56.8 Å². The summed E-state index contributed by atoms with van der Waals surface area (Å²) >= 11 is 0. The van der Waals surface area contributed by atoms with E-state index in [0.717, 1.165) is 49.8 Å². The predicted octanol–water partition coefficient (Wildman–Crippen LogP) is 4.46. The first-order valence-corrected chi connectivity index (χ1v) is 14.3. The highest BCUT2D eigenvalue weighted by Gasteiger charge is 2.22. The lowest BCUT2D eigenvalue weighted by molar-refractivity contribution is 0.0952. The number of phenolic OH excluding ortho intramolecular Hbond substituents is 1. The van der Waals surface area contributed by atoms with E-state index in [0.29, 0.717) is 23.9 Å². The highest BCUT2D eigenvalue weighted by Crippen LogP contribution is 2.27. The number of benzene rings is 3. The summed E-state index contributed by atoms with van der Waals surface area (Å²) in [5.41, 5.74) is 5.03. The van der Waals surface area contributed by atoms with Crippen LogP contribution in [0.4, 0.5) is 0 Å². The molecular formula is C29H34N2O4S. The third kappa shape index (κ3) is 6.53. The molecule has 1 amide bonds. The number of nitrogens with zero attached hydrogens (tertiary/aromatic N) is 1. The summed E-state index contributed by atoms with van der Waals surface area (Å²) in [4.78, 5) is 15.2. The molecule has 190 valence electrons. The van der Waals surface area contributed by atoms with Crippen LogP contribution in [0.3, 0.4) is 0 Å². The molecule has 0 aromatic heterocycles. The largest absolute Gasteiger partial charge is 0.508 e. The lowest BCUT2D eigenvalue weighted by Gasteiger charge is -2.32. The molecule has 0 heterocycles. The first kappa shape index (κ1) is 25.9. The zero-order valence-corrected chi connectivity index (χ0v) is 21.7. The molecule has 4 rings (SSSR count). The van der Waals surface area contributed by atoms with Crippen molar-refractivity contribution in [2.45, 2.75) is 43.0 Å². The van der Waals surface area contributed by atoms with Crippen LogP contribution in [0.1, 0.15) is 40.7 Å². The van der Waals surface area contributed by atoms with Gasteiger partial charge in [0.1, 0.15) is 5.75 Å². The normalized spacial score (nSPS) is 15.5. The minimum absolute atomic E-state index is 0.0916. The molecule has 3 aromatic carbocycles. The maximum absolute atomic E-state index is 12.5. The number of carbonyl (C=O) groups is 1. The van der Waals surface area contributed by atoms with Crippen molar-refractivity contribution in [3.8, 4) is 16.9 Å². The van der Waals surface area contributed by atoms with Crippen LogP contribution < -0.4 is 5.32 Å². The number of carbonyl (C=O) groups excluding carboxylic acids is 1. The molecule has 1 atom stereocenters. The Morgan fingerprint density at radius 1 is 0.972 bits per heavy atom. The molecule has 1 aliphatic rings. The molecule has 0 unspecified atom stereocenters. The smallest absolute Gasteiger partial charge is 0.251 e. The van der Waals surface area contributed by atoms with Crippen molar-refractivity contribution in [1.82, 2.24) is 10.2 Å². The zero-order valence-electron chi connectivity index (χ0n) is 20.9. The van der Waals surface area contributed by atoms with E-state index in [1.807, 2.05) is 24.3 Å². The molecule has 6 nitrogen and oxygen atoms in total. The van der Waals surface area contributed by atoms with Crippen molar-refractivity contribution >= 4 is 15.7 Å². The molecule has 0 radical (unpaired) electrons. The number of aromatic hydroxyl groups is 1. The van der Waals surface area contributed by atoms with Gasteiger partial charge < -0.3 is 15.3 Å². The van der Waals surface area contributed by atoms with Crippen molar-refractivity contribution in [3.63, 3.8) is 0 Å². The van der Waals surface area contributed by atoms with E-state index in [4.69, 9.17) is 0 Å². The van der Waals surface area contributed by atoms with Gasteiger partial charge in [0.2, 0.25) is 0 Å². The van der Waals surface area contributed by atoms with Crippen LogP contribution in [0.15, 0.2) is 71.6 Å². The fraction of sp³-hybridized carbons (Fsp3) is 0.345. The van der Waals surface area contributed by atoms with E-state index in [-0.39, 0.29) is 10.8 Å². The highest BCUT2D eigenvalue weighted by molar-refractivity contribution is 7.90. The van der Waals surface area contributed by atoms with Crippen molar-refractivity contribution in [2.75, 3.05) is 26.4 Å². The summed E-state index contributed by atoms with van der Waals surface area (Å²) in [5.74, 6) is 0.247. The molecule has 0 bridgehead atoms. The Hall–Kier alpha value is -3.16. The van der Waals surface area contributed by atoms with Crippen LogP contribution in [-0.2, 0) is 22.7 Å². The summed E-state index contributed by atoms with van der Waals surface area (Å²) in [7, 11) is -1.06. The quantitative estimate of drug-likeness (QED) is 0.419. The van der Waals surface area contributed by atoms with Gasteiger partial charge in [0.15, 0.2) is 9.84 Å². The number of sulfone groups is 1. The van der Waals surface area contributed by atoms with Gasteiger partial charge in [-0.05, 0) is 104 Å². The Labute approximate surface area is 213 Å². The second-order valence-corrected chi connectivity index (χ2v) is 11.7. The summed E-state index contributed by atoms with van der Waals surface area (Å²) in [6, 6.07) is 20.3. The molecule has 0 aliphatic heterocycles. The molecule has 0 spiro atoms. The minimum atomic E-state index is -3.22. The number of aryl methyl sites for hydroxylation is 1. The van der Waals surface area contributed by atoms with Crippen LogP contribution >= 0.6 is 0 Å². The number of likely N-dealkylation sites (N-methyl/N-ethyl adjacent to an activating group) is 1. The Kier molecular flexibility index (Phi) is 8.11. The monoisotopic (exact) mass is 506 g/mol. The summed E-state index contributed by atoms with van der Waals surface area (Å²) in [5, 5.41) is 12.8. The average Bonchev–Trinajstić information content (AvgIpc) is 2.87. The molecule has 1 aliphatic carbocycles. The molecule has 2 N–H and O–H groups in total. The van der Waals surface area contributed by atoms with Crippen molar-refractivity contribution in [3.05, 3.63) is 83.4 Å². The van der Waals surface area contributed by atoms with E-state index in [1.165, 1.54) is 17.4 Å². The summed E-state index contributed by atoms with van der Waals surface area (Å²) in [6.07, 6.45) is 6.24. The average molecular weight is 507 g/mol. The number of rotatable bonds is 9. The maximum Gasteiger partial charge on any atom is 0.251 e. The summed E-state index contributed by atoms with van der Waals surface area (Å²) in [6.45, 7) is 1.60. The molecule has 36 heavy (non-hydrogen) atoms. The Morgan fingerprint density at radius 2 is 1.64 bits per heavy atom. The number of unbranched alkanes of at least 4 members (excludes halogenated alkanes) is 1. The molecule has 0 fully saturated rings. The SMILES string of the molecule is CN(CCCCNC(=O)c1ccc(-c2ccc(S(C)(=O)=O)cc2)cc1)[C@@H]1CCc2ccc(O)cc2C1. The van der Waals surface area contributed by atoms with Crippen LogP contribution in [0.25, 0.3) is 11.1 Å². The third-order valence-corrected chi connectivity index (χ3v) is 8.13. The highest BCUT2D eigenvalue weighted by atomic mass is 32.2. The molecule has 0 saturated carbocycles. The van der Waals surface area contributed by atoms with E-state index in [2.05, 4.69) is 17.3 Å². The van der Waals surface area contributed by atoms with E-state index in [1.54, 1.807) is 42.5 Å². The van der Waals surface area contributed by atoms with Crippen molar-refractivity contribution in [2.24, 2.45) is 0 Å². The second kappa shape index (κ2) is 11.3. The molecular weight excluding hydrogens is 472 g/mol. The van der Waals surface area contributed by atoms with Crippen molar-refractivity contribution in [1.29, 1.82) is 0 Å². The number of amides is 1. The minimum Gasteiger partial charge on any atom is -0.508 e. The van der Waals surface area contributed by atoms with Gasteiger partial charge in [0.25, 0.3) is 5.91 Å². The predicted molar refractivity (Wildman–Crippen MR) is 143 cm³/mol. The van der Waals surface area contributed by atoms with Crippen LogP contribution in [0.2, 0.25) is 0 Å². The second-order valence-electron chi connectivity index (χ2n) is 9.67. The summed E-state index contributed by atoms with van der Waals surface area (Å²) < 4.78 is 23.3. The van der Waals surface area contributed by atoms with Crippen LogP contribution in [0, 0.1) is 0 Å². The number of hydrogen-bond donors (Lipinski definition) is 2. The topological polar surface area (TPSA) is 86.7 Å². The van der Waals surface area contributed by atoms with Crippen LogP contribution in [0.5, 0.6) is 5.75 Å². The Balaban J connectivity index is 1.19. The lowest BCUT2D eigenvalue weighted by Crippen LogP contribution is -2.37. The Bertz CT molecular complexity index is 1300. The number of phenols is 1. The Morgan fingerprint density at radius 3 is 2.31 bits per heavy atom. The molecule has 7 heteroatoms. The number of hydrogen-bond acceptors (Lipinski definition) is 5. The van der Waals surface area contributed by atoms with Gasteiger partial charge in [0.05, 0.1) is 4.90 Å². The standard InChI is InChI=1S/C29H34N2O4S/c1-31(26-13-9-23-10-14-27(32)20-25(23)19-26)18-4-3-17-30-29(33)24-7-5-21(6-8-24)22-11-15-28(16-12-22)36(2,34)35/h5-8,10-12,14-16,20,26,32H,3-4,9,13,17-19H2,1-2H3,(H,30,33)/t26-/m1/s1. The van der Waals surface area contributed by atoms with Gasteiger partial charge in [0, 0.05) is 24.4 Å². The van der Waals surface area contributed by atoms with E-state index in [9.17, 15) is 18.3 Å². The van der Waals surface area contributed by atoms with E-state index < -0.39 is 9.84 Å². The molecule has 0 saturated heterocycles. The lowest BCUT2D eigenvalue weighted by atomic mass is 9.87. The zero-order chi connectivity index (χ0) is 25.7. The fourth-order valence-electron chi connectivity index (χ4n) is 4.78. The van der Waals surface area contributed by atoms with Gasteiger partial charge in [-0.1, -0.05) is 30.3 Å². The van der Waals surface area contributed by atoms with Gasteiger partial charge in [-0.2, -0.15) is 0 Å². The first-order valence-electron chi connectivity index (χ1n) is 12.4. The van der Waals surface area contributed by atoms with Gasteiger partial charge in [-0.3, -0.25) is 4.79 Å². The number of nitrogens with one attached hydrogen (secondary N) is 1. The third-order valence-electron chi connectivity index (χ3n) is 7.00.